The molecule has 0 amide bonds. The molecule has 3 nitrogen and oxygen atoms in total. The van der Waals surface area contributed by atoms with Crippen molar-refractivity contribution in [2.75, 3.05) is 26.4 Å². The van der Waals surface area contributed by atoms with E-state index in [0.29, 0.717) is 18.1 Å². The monoisotopic (exact) mass is 229 g/mol. The van der Waals surface area contributed by atoms with E-state index < -0.39 is 0 Å². The molecule has 0 bridgehead atoms. The van der Waals surface area contributed by atoms with E-state index in [1.807, 2.05) is 0 Å². The van der Waals surface area contributed by atoms with Crippen molar-refractivity contribution in [3.05, 3.63) is 0 Å². The molecule has 0 heterocycles. The summed E-state index contributed by atoms with van der Waals surface area (Å²) in [6.07, 6.45) is 3.99. The summed E-state index contributed by atoms with van der Waals surface area (Å²) in [6, 6.07) is 0.682. The first-order valence-corrected chi connectivity index (χ1v) is 6.65. The molecule has 1 saturated carbocycles. The first-order chi connectivity index (χ1) is 7.72. The minimum atomic E-state index is 0.514. The number of rotatable bonds is 9. The van der Waals surface area contributed by atoms with Gasteiger partial charge in [0.1, 0.15) is 0 Å². The predicted molar refractivity (Wildman–Crippen MR) is 66.7 cm³/mol. The molecule has 0 aliphatic heterocycles. The molecule has 0 spiro atoms. The van der Waals surface area contributed by atoms with Gasteiger partial charge in [-0.25, -0.2) is 0 Å². The summed E-state index contributed by atoms with van der Waals surface area (Å²) in [7, 11) is 0. The smallest absolute Gasteiger partial charge is 0.0604 e. The summed E-state index contributed by atoms with van der Waals surface area (Å²) in [5, 5.41) is 3.54. The molecule has 1 aliphatic carbocycles. The van der Waals surface area contributed by atoms with Gasteiger partial charge in [-0.05, 0) is 38.6 Å². The number of hydrogen-bond acceptors (Lipinski definition) is 3. The Morgan fingerprint density at radius 2 is 2.06 bits per heavy atom. The number of hydrogen-bond donors (Lipinski definition) is 1. The van der Waals surface area contributed by atoms with Gasteiger partial charge in [-0.3, -0.25) is 0 Å². The standard InChI is InChI=1S/C13H27NO2/c1-4-16-13-8-12(9-13)14-6-5-7-15-10-11(2)3/h11-14H,4-10H2,1-3H3. The quantitative estimate of drug-likeness (QED) is 0.615. The molecule has 1 aliphatic rings. The third-order valence-electron chi connectivity index (χ3n) is 2.85. The molecule has 16 heavy (non-hydrogen) atoms. The van der Waals surface area contributed by atoms with Crippen LogP contribution >= 0.6 is 0 Å². The van der Waals surface area contributed by atoms with Crippen LogP contribution < -0.4 is 5.32 Å². The highest BCUT2D eigenvalue weighted by Crippen LogP contribution is 2.22. The lowest BCUT2D eigenvalue weighted by Crippen LogP contribution is -2.45. The van der Waals surface area contributed by atoms with Crippen LogP contribution in [0.4, 0.5) is 0 Å². The summed E-state index contributed by atoms with van der Waals surface area (Å²) < 4.78 is 11.0. The zero-order valence-corrected chi connectivity index (χ0v) is 11.0. The average Bonchev–Trinajstić information content (AvgIpc) is 2.18. The summed E-state index contributed by atoms with van der Waals surface area (Å²) in [4.78, 5) is 0. The zero-order chi connectivity index (χ0) is 11.8. The molecule has 1 fully saturated rings. The second kappa shape index (κ2) is 8.04. The van der Waals surface area contributed by atoms with Crippen molar-refractivity contribution in [1.82, 2.24) is 5.32 Å². The fourth-order valence-electron chi connectivity index (χ4n) is 1.90. The van der Waals surface area contributed by atoms with Crippen LogP contribution in [0, 0.1) is 5.92 Å². The van der Waals surface area contributed by atoms with E-state index >= 15 is 0 Å². The summed E-state index contributed by atoms with van der Waals surface area (Å²) >= 11 is 0. The summed E-state index contributed by atoms with van der Waals surface area (Å²) in [5.41, 5.74) is 0. The van der Waals surface area contributed by atoms with Gasteiger partial charge in [0.2, 0.25) is 0 Å². The molecule has 1 N–H and O–H groups in total. The molecule has 1 rings (SSSR count). The average molecular weight is 229 g/mol. The van der Waals surface area contributed by atoms with Gasteiger partial charge in [0, 0.05) is 25.9 Å². The Balaban J connectivity index is 1.79. The molecular weight excluding hydrogens is 202 g/mol. The first kappa shape index (κ1) is 13.9. The number of ether oxygens (including phenoxy) is 2. The van der Waals surface area contributed by atoms with Crippen molar-refractivity contribution >= 4 is 0 Å². The molecule has 3 heteroatoms. The lowest BCUT2D eigenvalue weighted by Gasteiger charge is -2.35. The molecule has 0 aromatic carbocycles. The van der Waals surface area contributed by atoms with Crippen LogP contribution in [0.15, 0.2) is 0 Å². The molecule has 0 atom stereocenters. The Bertz CT molecular complexity index is 167. The van der Waals surface area contributed by atoms with Gasteiger partial charge in [0.05, 0.1) is 6.10 Å². The molecule has 0 radical (unpaired) electrons. The third kappa shape index (κ3) is 5.83. The highest BCUT2D eigenvalue weighted by molar-refractivity contribution is 4.85. The van der Waals surface area contributed by atoms with Crippen molar-refractivity contribution in [2.45, 2.75) is 52.2 Å². The molecule has 0 unspecified atom stereocenters. The van der Waals surface area contributed by atoms with Crippen molar-refractivity contribution in [1.29, 1.82) is 0 Å². The Hall–Kier alpha value is -0.120. The highest BCUT2D eigenvalue weighted by Gasteiger charge is 2.28. The van der Waals surface area contributed by atoms with Gasteiger partial charge < -0.3 is 14.8 Å². The molecular formula is C13H27NO2. The maximum absolute atomic E-state index is 5.52. The van der Waals surface area contributed by atoms with E-state index in [1.165, 1.54) is 12.8 Å². The number of nitrogens with one attached hydrogen (secondary N) is 1. The Morgan fingerprint density at radius 3 is 2.69 bits per heavy atom. The summed E-state index contributed by atoms with van der Waals surface area (Å²) in [5.74, 6) is 0.645. The van der Waals surface area contributed by atoms with Crippen LogP contribution in [-0.2, 0) is 9.47 Å². The zero-order valence-electron chi connectivity index (χ0n) is 11.0. The van der Waals surface area contributed by atoms with Gasteiger partial charge in [-0.1, -0.05) is 13.8 Å². The SMILES string of the molecule is CCOC1CC(NCCCOCC(C)C)C1. The highest BCUT2D eigenvalue weighted by atomic mass is 16.5. The largest absolute Gasteiger partial charge is 0.381 e. The lowest BCUT2D eigenvalue weighted by molar-refractivity contribution is -0.0102. The van der Waals surface area contributed by atoms with E-state index in [-0.39, 0.29) is 0 Å². The molecule has 0 saturated heterocycles. The van der Waals surface area contributed by atoms with Gasteiger partial charge in [0.25, 0.3) is 0 Å². The third-order valence-corrected chi connectivity index (χ3v) is 2.85. The summed E-state index contributed by atoms with van der Waals surface area (Å²) in [6.45, 7) is 10.1. The van der Waals surface area contributed by atoms with Crippen molar-refractivity contribution in [3.63, 3.8) is 0 Å². The Labute approximate surface area is 99.9 Å². The topological polar surface area (TPSA) is 30.5 Å². The van der Waals surface area contributed by atoms with Crippen LogP contribution in [-0.4, -0.2) is 38.5 Å². The van der Waals surface area contributed by atoms with E-state index in [0.717, 1.165) is 32.8 Å². The minimum absolute atomic E-state index is 0.514. The van der Waals surface area contributed by atoms with Crippen molar-refractivity contribution in [3.8, 4) is 0 Å². The normalized spacial score (nSPS) is 24.8. The van der Waals surface area contributed by atoms with E-state index in [2.05, 4.69) is 26.1 Å². The Kier molecular flexibility index (Phi) is 7.01. The molecule has 0 aromatic rings. The van der Waals surface area contributed by atoms with Gasteiger partial charge >= 0.3 is 0 Å². The Morgan fingerprint density at radius 1 is 1.31 bits per heavy atom. The van der Waals surface area contributed by atoms with Gasteiger partial charge in [-0.15, -0.1) is 0 Å². The van der Waals surface area contributed by atoms with Crippen molar-refractivity contribution < 1.29 is 9.47 Å². The fourth-order valence-corrected chi connectivity index (χ4v) is 1.90. The maximum atomic E-state index is 5.52. The van der Waals surface area contributed by atoms with Crippen LogP contribution in [0.2, 0.25) is 0 Å². The minimum Gasteiger partial charge on any atom is -0.381 e. The second-order valence-electron chi connectivity index (χ2n) is 5.02. The lowest BCUT2D eigenvalue weighted by atomic mass is 9.89. The van der Waals surface area contributed by atoms with Gasteiger partial charge in [-0.2, -0.15) is 0 Å². The molecule has 0 aromatic heterocycles. The van der Waals surface area contributed by atoms with Crippen LogP contribution in [0.25, 0.3) is 0 Å². The van der Waals surface area contributed by atoms with Crippen LogP contribution in [0.5, 0.6) is 0 Å². The van der Waals surface area contributed by atoms with E-state index in [4.69, 9.17) is 9.47 Å². The van der Waals surface area contributed by atoms with Crippen LogP contribution in [0.1, 0.15) is 40.0 Å². The van der Waals surface area contributed by atoms with Crippen molar-refractivity contribution in [2.24, 2.45) is 5.92 Å². The second-order valence-corrected chi connectivity index (χ2v) is 5.02. The van der Waals surface area contributed by atoms with Crippen LogP contribution in [0.3, 0.4) is 0 Å². The van der Waals surface area contributed by atoms with Gasteiger partial charge in [0.15, 0.2) is 0 Å². The van der Waals surface area contributed by atoms with E-state index in [1.54, 1.807) is 0 Å². The van der Waals surface area contributed by atoms with E-state index in [9.17, 15) is 0 Å². The first-order valence-electron chi connectivity index (χ1n) is 6.65. The maximum Gasteiger partial charge on any atom is 0.0604 e. The predicted octanol–water partition coefficient (Wildman–Crippen LogP) is 2.21. The fraction of sp³-hybridized carbons (Fsp3) is 1.00. The molecule has 96 valence electrons.